The van der Waals surface area contributed by atoms with Crippen molar-refractivity contribution >= 4 is 23.6 Å². The monoisotopic (exact) mass is 474 g/mol. The fourth-order valence-corrected chi connectivity index (χ4v) is 4.22. The van der Waals surface area contributed by atoms with Gasteiger partial charge in [-0.1, -0.05) is 48.5 Å². The fourth-order valence-electron chi connectivity index (χ4n) is 4.22. The number of amides is 3. The molecule has 0 bridgehead atoms. The molecule has 2 atom stereocenters. The lowest BCUT2D eigenvalue weighted by Crippen LogP contribution is -2.46. The van der Waals surface area contributed by atoms with Gasteiger partial charge in [-0.3, -0.25) is 14.5 Å². The number of anilines is 1. The molecule has 0 radical (unpaired) electrons. The van der Waals surface area contributed by atoms with Crippen molar-refractivity contribution in [2.45, 2.75) is 58.4 Å². The van der Waals surface area contributed by atoms with Gasteiger partial charge in [-0.25, -0.2) is 9.69 Å². The number of ether oxygens (including phenoxy) is 2. The molecule has 4 rings (SSSR count). The molecule has 0 saturated carbocycles. The van der Waals surface area contributed by atoms with Crippen LogP contribution in [0.15, 0.2) is 84.1 Å². The van der Waals surface area contributed by atoms with Crippen LogP contribution in [0.4, 0.5) is 10.5 Å². The first-order valence-electron chi connectivity index (χ1n) is 11.7. The summed E-state index contributed by atoms with van der Waals surface area (Å²) in [4.78, 5) is 42.0. The molecule has 35 heavy (non-hydrogen) atoms. The van der Waals surface area contributed by atoms with Gasteiger partial charge >= 0.3 is 6.09 Å². The van der Waals surface area contributed by atoms with Gasteiger partial charge in [0, 0.05) is 11.3 Å². The van der Waals surface area contributed by atoms with Crippen LogP contribution in [-0.4, -0.2) is 34.6 Å². The first-order valence-corrected chi connectivity index (χ1v) is 11.7. The molecule has 2 aromatic carbocycles. The highest BCUT2D eigenvalue weighted by Crippen LogP contribution is 2.36. The van der Waals surface area contributed by atoms with E-state index in [0.717, 1.165) is 5.56 Å². The summed E-state index contributed by atoms with van der Waals surface area (Å²) in [6.07, 6.45) is 2.67. The first kappa shape index (κ1) is 24.3. The van der Waals surface area contributed by atoms with Crippen LogP contribution in [-0.2, 0) is 19.1 Å². The topological polar surface area (TPSA) is 76.2 Å². The van der Waals surface area contributed by atoms with Crippen molar-refractivity contribution in [3.8, 4) is 0 Å². The van der Waals surface area contributed by atoms with E-state index in [1.165, 1.54) is 16.1 Å². The third kappa shape index (κ3) is 5.29. The van der Waals surface area contributed by atoms with Gasteiger partial charge in [-0.05, 0) is 64.3 Å². The number of imide groups is 1. The van der Waals surface area contributed by atoms with Crippen LogP contribution in [0.5, 0.6) is 0 Å². The van der Waals surface area contributed by atoms with Gasteiger partial charge in [0.2, 0.25) is 0 Å². The van der Waals surface area contributed by atoms with Crippen LogP contribution in [0, 0.1) is 0 Å². The molecule has 7 heteroatoms. The number of piperidine rings is 1. The SMILES string of the molecule is CC1=CC(OC=C2CCC(c3ccccc3)N(C(=O)OC(C)(C)C)C2=O)N(c2ccccc2)C1=O. The standard InChI is InChI=1S/C28H30N2O5/c1-19-17-24(29(25(19)31)22-13-9-6-10-14-22)34-18-21-15-16-23(20-11-7-5-8-12-20)30(26(21)32)27(33)35-28(2,3)4/h5-14,17-18,23-24H,15-16H2,1-4H3. The second-order valence-corrected chi connectivity index (χ2v) is 9.65. The normalized spacial score (nSPS) is 21.8. The molecule has 7 nitrogen and oxygen atoms in total. The van der Waals surface area contributed by atoms with E-state index in [-0.39, 0.29) is 5.91 Å². The highest BCUT2D eigenvalue weighted by molar-refractivity contribution is 6.08. The molecule has 0 aromatic heterocycles. The number of benzene rings is 2. The van der Waals surface area contributed by atoms with E-state index >= 15 is 0 Å². The minimum atomic E-state index is -0.751. The quantitative estimate of drug-likeness (QED) is 0.432. The first-order chi connectivity index (χ1) is 16.7. The molecule has 2 aromatic rings. The molecule has 1 saturated heterocycles. The van der Waals surface area contributed by atoms with Crippen LogP contribution in [0.25, 0.3) is 0 Å². The summed E-state index contributed by atoms with van der Waals surface area (Å²) in [5.41, 5.74) is 1.72. The minimum absolute atomic E-state index is 0.158. The largest absolute Gasteiger partial charge is 0.474 e. The van der Waals surface area contributed by atoms with Gasteiger partial charge in [0.25, 0.3) is 11.8 Å². The molecule has 2 heterocycles. The number of para-hydroxylation sites is 1. The maximum absolute atomic E-state index is 13.5. The summed E-state index contributed by atoms with van der Waals surface area (Å²) in [7, 11) is 0. The van der Waals surface area contributed by atoms with E-state index in [1.54, 1.807) is 33.8 Å². The third-order valence-electron chi connectivity index (χ3n) is 5.85. The number of carbonyl (C=O) groups excluding carboxylic acids is 3. The molecule has 1 fully saturated rings. The summed E-state index contributed by atoms with van der Waals surface area (Å²) in [5.74, 6) is -0.621. The highest BCUT2D eigenvalue weighted by atomic mass is 16.6. The zero-order valence-corrected chi connectivity index (χ0v) is 20.4. The van der Waals surface area contributed by atoms with Crippen molar-refractivity contribution < 1.29 is 23.9 Å². The van der Waals surface area contributed by atoms with E-state index in [4.69, 9.17) is 9.47 Å². The number of nitrogens with zero attached hydrogens (tertiary/aromatic N) is 2. The third-order valence-corrected chi connectivity index (χ3v) is 5.85. The highest BCUT2D eigenvalue weighted by Gasteiger charge is 2.40. The molecule has 2 unspecified atom stereocenters. The van der Waals surface area contributed by atoms with Crippen molar-refractivity contribution in [1.29, 1.82) is 0 Å². The molecular formula is C28H30N2O5. The Morgan fingerprint density at radius 3 is 2.23 bits per heavy atom. The van der Waals surface area contributed by atoms with E-state index in [9.17, 15) is 14.4 Å². The van der Waals surface area contributed by atoms with E-state index in [0.29, 0.717) is 29.7 Å². The molecule has 2 aliphatic rings. The van der Waals surface area contributed by atoms with Gasteiger partial charge in [0.15, 0.2) is 6.23 Å². The summed E-state index contributed by atoms with van der Waals surface area (Å²) >= 11 is 0. The molecular weight excluding hydrogens is 444 g/mol. The van der Waals surface area contributed by atoms with Gasteiger partial charge in [0.1, 0.15) is 5.60 Å². The van der Waals surface area contributed by atoms with Crippen molar-refractivity contribution in [2.75, 3.05) is 4.90 Å². The van der Waals surface area contributed by atoms with Gasteiger partial charge in [-0.15, -0.1) is 0 Å². The molecule has 3 amide bonds. The zero-order chi connectivity index (χ0) is 25.2. The van der Waals surface area contributed by atoms with Gasteiger partial charge in [0.05, 0.1) is 17.9 Å². The molecule has 0 aliphatic carbocycles. The number of hydrogen-bond acceptors (Lipinski definition) is 5. The average molecular weight is 475 g/mol. The Morgan fingerprint density at radius 1 is 0.971 bits per heavy atom. The fraction of sp³-hybridized carbons (Fsp3) is 0.321. The van der Waals surface area contributed by atoms with Crippen LogP contribution in [0.2, 0.25) is 0 Å². The summed E-state index contributed by atoms with van der Waals surface area (Å²) in [5, 5.41) is 0. The van der Waals surface area contributed by atoms with Crippen molar-refractivity contribution in [3.05, 3.63) is 89.7 Å². The Bertz CT molecular complexity index is 1160. The number of carbonyl (C=O) groups is 3. The van der Waals surface area contributed by atoms with Gasteiger partial charge < -0.3 is 9.47 Å². The van der Waals surface area contributed by atoms with Gasteiger partial charge in [-0.2, -0.15) is 0 Å². The smallest absolute Gasteiger partial charge is 0.417 e. The summed E-state index contributed by atoms with van der Waals surface area (Å²) < 4.78 is 11.5. The molecule has 2 aliphatic heterocycles. The van der Waals surface area contributed by atoms with Crippen LogP contribution in [0.3, 0.4) is 0 Å². The molecule has 0 spiro atoms. The zero-order valence-electron chi connectivity index (χ0n) is 20.4. The van der Waals surface area contributed by atoms with Crippen molar-refractivity contribution in [2.24, 2.45) is 0 Å². The average Bonchev–Trinajstić information content (AvgIpc) is 3.11. The lowest BCUT2D eigenvalue weighted by molar-refractivity contribution is -0.130. The summed E-state index contributed by atoms with van der Waals surface area (Å²) in [6, 6.07) is 18.2. The molecule has 182 valence electrons. The predicted molar refractivity (Wildman–Crippen MR) is 132 cm³/mol. The van der Waals surface area contributed by atoms with Crippen LogP contribution in [0.1, 0.15) is 52.1 Å². The van der Waals surface area contributed by atoms with Crippen LogP contribution >= 0.6 is 0 Å². The Labute approximate surface area is 205 Å². The maximum atomic E-state index is 13.5. The van der Waals surface area contributed by atoms with Crippen LogP contribution < -0.4 is 4.90 Å². The van der Waals surface area contributed by atoms with E-state index < -0.39 is 29.9 Å². The summed E-state index contributed by atoms with van der Waals surface area (Å²) in [6.45, 7) is 7.02. The Kier molecular flexibility index (Phi) is 6.78. The van der Waals surface area contributed by atoms with E-state index in [1.807, 2.05) is 60.7 Å². The predicted octanol–water partition coefficient (Wildman–Crippen LogP) is 5.50. The lowest BCUT2D eigenvalue weighted by atomic mass is 9.93. The number of rotatable bonds is 4. The Balaban J connectivity index is 1.59. The van der Waals surface area contributed by atoms with Crippen molar-refractivity contribution in [1.82, 2.24) is 4.90 Å². The lowest BCUT2D eigenvalue weighted by Gasteiger charge is -2.36. The molecule has 0 N–H and O–H groups in total. The number of likely N-dealkylation sites (tertiary alicyclic amines) is 1. The van der Waals surface area contributed by atoms with Crippen molar-refractivity contribution in [3.63, 3.8) is 0 Å². The minimum Gasteiger partial charge on any atom is -0.474 e. The van der Waals surface area contributed by atoms with E-state index in [2.05, 4.69) is 0 Å². The second-order valence-electron chi connectivity index (χ2n) is 9.65. The Hall–Kier alpha value is -3.87. The second kappa shape index (κ2) is 9.78. The maximum Gasteiger partial charge on any atom is 0.417 e. The Morgan fingerprint density at radius 2 is 1.60 bits per heavy atom. The number of hydrogen-bond donors (Lipinski definition) is 0.